The van der Waals surface area contributed by atoms with Crippen LogP contribution in [0, 0.1) is 19.3 Å². The Bertz CT molecular complexity index is 531. The van der Waals surface area contributed by atoms with E-state index in [9.17, 15) is 8.42 Å². The van der Waals surface area contributed by atoms with Crippen molar-refractivity contribution in [2.24, 2.45) is 0 Å². The molecular formula is C11H12BrNO2S. The Labute approximate surface area is 105 Å². The van der Waals surface area contributed by atoms with Gasteiger partial charge in [0.15, 0.2) is 0 Å². The van der Waals surface area contributed by atoms with Crippen LogP contribution in [0.5, 0.6) is 0 Å². The van der Waals surface area contributed by atoms with Gasteiger partial charge in [0.25, 0.3) is 0 Å². The van der Waals surface area contributed by atoms with E-state index in [2.05, 4.69) is 21.9 Å². The van der Waals surface area contributed by atoms with Gasteiger partial charge in [-0.05, 0) is 24.6 Å². The number of halogens is 1. The number of hydrogen-bond donors (Lipinski definition) is 0. The van der Waals surface area contributed by atoms with Crippen molar-refractivity contribution in [2.75, 3.05) is 13.6 Å². The predicted molar refractivity (Wildman–Crippen MR) is 67.5 cm³/mol. The van der Waals surface area contributed by atoms with E-state index in [1.165, 1.54) is 7.05 Å². The Kier molecular flexibility index (Phi) is 4.14. The van der Waals surface area contributed by atoms with E-state index in [1.807, 2.05) is 0 Å². The van der Waals surface area contributed by atoms with Gasteiger partial charge in [0.2, 0.25) is 10.0 Å². The zero-order chi connectivity index (χ0) is 12.3. The van der Waals surface area contributed by atoms with E-state index in [0.29, 0.717) is 5.56 Å². The molecule has 86 valence electrons. The van der Waals surface area contributed by atoms with Crippen LogP contribution in [0.15, 0.2) is 27.6 Å². The number of hydrogen-bond acceptors (Lipinski definition) is 2. The second-order valence-corrected chi connectivity index (χ2v) is 6.30. The summed E-state index contributed by atoms with van der Waals surface area (Å²) in [6, 6.07) is 5.13. The molecule has 0 spiro atoms. The summed E-state index contributed by atoms with van der Waals surface area (Å²) in [5, 5.41) is 0. The highest BCUT2D eigenvalue weighted by Crippen LogP contribution is 2.22. The second-order valence-electron chi connectivity index (χ2n) is 3.38. The summed E-state index contributed by atoms with van der Waals surface area (Å²) in [6.45, 7) is 1.82. The van der Waals surface area contributed by atoms with Crippen molar-refractivity contribution >= 4 is 26.0 Å². The van der Waals surface area contributed by atoms with E-state index >= 15 is 0 Å². The van der Waals surface area contributed by atoms with Crippen molar-refractivity contribution in [3.63, 3.8) is 0 Å². The highest BCUT2D eigenvalue weighted by Gasteiger charge is 2.22. The molecule has 0 aliphatic carbocycles. The van der Waals surface area contributed by atoms with Crippen LogP contribution in [0.25, 0.3) is 0 Å². The first-order chi connectivity index (χ1) is 7.39. The number of sulfonamides is 1. The molecule has 0 radical (unpaired) electrons. The Hall–Kier alpha value is -0.830. The summed E-state index contributed by atoms with van der Waals surface area (Å²) in [6.07, 6.45) is 5.11. The van der Waals surface area contributed by atoms with E-state index in [0.717, 1.165) is 8.78 Å². The molecule has 0 aromatic heterocycles. The summed E-state index contributed by atoms with van der Waals surface area (Å²) >= 11 is 3.25. The number of nitrogens with zero attached hydrogens (tertiary/aromatic N) is 1. The van der Waals surface area contributed by atoms with Crippen molar-refractivity contribution < 1.29 is 8.42 Å². The monoisotopic (exact) mass is 301 g/mol. The molecule has 0 unspecified atom stereocenters. The molecule has 1 aromatic carbocycles. The Morgan fingerprint density at radius 1 is 1.50 bits per heavy atom. The lowest BCUT2D eigenvalue weighted by atomic mass is 10.2. The van der Waals surface area contributed by atoms with Crippen LogP contribution in [0.4, 0.5) is 0 Å². The maximum atomic E-state index is 12.1. The predicted octanol–water partition coefficient (Wildman–Crippen LogP) is 2.01. The van der Waals surface area contributed by atoms with Crippen LogP contribution >= 0.6 is 15.9 Å². The summed E-state index contributed by atoms with van der Waals surface area (Å²) in [4.78, 5) is 0.277. The van der Waals surface area contributed by atoms with Crippen molar-refractivity contribution in [3.8, 4) is 12.3 Å². The lowest BCUT2D eigenvalue weighted by Gasteiger charge is -2.16. The summed E-state index contributed by atoms with van der Waals surface area (Å²) in [5.74, 6) is 2.31. The van der Waals surface area contributed by atoms with Crippen LogP contribution in [-0.2, 0) is 10.0 Å². The van der Waals surface area contributed by atoms with Gasteiger partial charge in [-0.25, -0.2) is 8.42 Å². The van der Waals surface area contributed by atoms with Crippen molar-refractivity contribution in [2.45, 2.75) is 11.8 Å². The molecule has 0 saturated carbocycles. The molecule has 16 heavy (non-hydrogen) atoms. The topological polar surface area (TPSA) is 37.4 Å². The molecule has 0 bridgehead atoms. The third-order valence-corrected chi connectivity index (χ3v) is 4.59. The zero-order valence-corrected chi connectivity index (χ0v) is 11.5. The highest BCUT2D eigenvalue weighted by molar-refractivity contribution is 9.10. The minimum Gasteiger partial charge on any atom is -0.207 e. The first-order valence-corrected chi connectivity index (χ1v) is 6.79. The number of benzene rings is 1. The summed E-state index contributed by atoms with van der Waals surface area (Å²) in [5.41, 5.74) is 0.701. The van der Waals surface area contributed by atoms with Gasteiger partial charge in [-0.15, -0.1) is 6.42 Å². The fourth-order valence-corrected chi connectivity index (χ4v) is 3.08. The molecule has 0 fully saturated rings. The Morgan fingerprint density at radius 2 is 2.12 bits per heavy atom. The van der Waals surface area contributed by atoms with Crippen LogP contribution in [-0.4, -0.2) is 26.3 Å². The van der Waals surface area contributed by atoms with Gasteiger partial charge in [-0.2, -0.15) is 4.31 Å². The van der Waals surface area contributed by atoms with Gasteiger partial charge in [-0.3, -0.25) is 0 Å². The molecule has 0 aliphatic rings. The third kappa shape index (κ3) is 2.64. The summed E-state index contributed by atoms with van der Waals surface area (Å²) < 4.78 is 26.1. The fraction of sp³-hybridized carbons (Fsp3) is 0.273. The smallest absolute Gasteiger partial charge is 0.207 e. The number of rotatable bonds is 3. The molecular weight excluding hydrogens is 290 g/mol. The normalized spacial score (nSPS) is 11.4. The largest absolute Gasteiger partial charge is 0.243 e. The summed E-state index contributed by atoms with van der Waals surface area (Å²) in [7, 11) is -2.03. The third-order valence-electron chi connectivity index (χ3n) is 2.15. The zero-order valence-electron chi connectivity index (χ0n) is 9.07. The minimum atomic E-state index is -3.49. The molecule has 5 heteroatoms. The standard InChI is InChI=1S/C11H12BrNO2S/c1-4-7-13(3)16(14,15)11-8-10(12)6-5-9(11)2/h1,5-6,8H,7H2,2-3H3. The second kappa shape index (κ2) is 5.00. The van der Waals surface area contributed by atoms with Crippen molar-refractivity contribution in [3.05, 3.63) is 28.2 Å². The first kappa shape index (κ1) is 13.2. The first-order valence-electron chi connectivity index (χ1n) is 4.55. The van der Waals surface area contributed by atoms with Crippen molar-refractivity contribution in [1.82, 2.24) is 4.31 Å². The molecule has 0 N–H and O–H groups in total. The van der Waals surface area contributed by atoms with E-state index < -0.39 is 10.0 Å². The molecule has 0 atom stereocenters. The number of aryl methyl sites for hydroxylation is 1. The maximum absolute atomic E-state index is 12.1. The fourth-order valence-electron chi connectivity index (χ4n) is 1.23. The average molecular weight is 302 g/mol. The lowest BCUT2D eigenvalue weighted by Crippen LogP contribution is -2.27. The van der Waals surface area contributed by atoms with Crippen LogP contribution in [0.1, 0.15) is 5.56 Å². The molecule has 1 rings (SSSR count). The lowest BCUT2D eigenvalue weighted by molar-refractivity contribution is 0.502. The van der Waals surface area contributed by atoms with Gasteiger partial charge in [0.1, 0.15) is 0 Å². The van der Waals surface area contributed by atoms with Gasteiger partial charge in [0.05, 0.1) is 11.4 Å². The van der Waals surface area contributed by atoms with Gasteiger partial charge in [0, 0.05) is 11.5 Å². The molecule has 0 heterocycles. The molecule has 0 amide bonds. The average Bonchev–Trinajstić information content (AvgIpc) is 2.22. The van der Waals surface area contributed by atoms with Gasteiger partial charge < -0.3 is 0 Å². The minimum absolute atomic E-state index is 0.0638. The van der Waals surface area contributed by atoms with Gasteiger partial charge >= 0.3 is 0 Å². The molecule has 0 aliphatic heterocycles. The van der Waals surface area contributed by atoms with Gasteiger partial charge in [-0.1, -0.05) is 27.9 Å². The van der Waals surface area contributed by atoms with Crippen LogP contribution < -0.4 is 0 Å². The van der Waals surface area contributed by atoms with Crippen molar-refractivity contribution in [1.29, 1.82) is 0 Å². The van der Waals surface area contributed by atoms with E-state index in [-0.39, 0.29) is 11.4 Å². The van der Waals surface area contributed by atoms with E-state index in [4.69, 9.17) is 6.42 Å². The van der Waals surface area contributed by atoms with Crippen LogP contribution in [0.3, 0.4) is 0 Å². The molecule has 3 nitrogen and oxygen atoms in total. The van der Waals surface area contributed by atoms with E-state index in [1.54, 1.807) is 25.1 Å². The maximum Gasteiger partial charge on any atom is 0.243 e. The molecule has 0 saturated heterocycles. The quantitative estimate of drug-likeness (QED) is 0.801. The Morgan fingerprint density at radius 3 is 2.69 bits per heavy atom. The molecule has 1 aromatic rings. The Balaban J connectivity index is 3.28. The van der Waals surface area contributed by atoms with Crippen LogP contribution in [0.2, 0.25) is 0 Å². The highest BCUT2D eigenvalue weighted by atomic mass is 79.9. The SMILES string of the molecule is C#CCN(C)S(=O)(=O)c1cc(Br)ccc1C. The number of terminal acetylenes is 1.